The van der Waals surface area contributed by atoms with Crippen LogP contribution in [-0.4, -0.2) is 84.2 Å². The lowest BCUT2D eigenvalue weighted by Crippen LogP contribution is -2.48. The van der Waals surface area contributed by atoms with Crippen molar-refractivity contribution in [2.45, 2.75) is 0 Å². The number of ether oxygens (including phenoxy) is 2. The Morgan fingerprint density at radius 3 is 1.56 bits per heavy atom. The van der Waals surface area contributed by atoms with Crippen molar-refractivity contribution < 1.29 is 19.1 Å². The summed E-state index contributed by atoms with van der Waals surface area (Å²) < 4.78 is 10.5. The molecule has 2 aromatic rings. The molecule has 0 bridgehead atoms. The first kappa shape index (κ1) is 23.3. The number of piperazine rings is 1. The molecule has 8 nitrogen and oxygen atoms in total. The summed E-state index contributed by atoms with van der Waals surface area (Å²) in [6.07, 6.45) is 9.43. The standard InChI is InChI=1S/C24H28N4O4/c29-23(9-7-21-5-1-3-11-25-21)31-19-17-27-13-15-28(16-14-27)18-20-32-24(30)10-8-22-6-2-4-12-26-22/h1-12H,13-20H2/b9-7+,10-8+. The quantitative estimate of drug-likeness (QED) is 0.413. The predicted octanol–water partition coefficient (Wildman–Crippen LogP) is 1.91. The Kier molecular flexibility index (Phi) is 9.57. The fourth-order valence-corrected chi connectivity index (χ4v) is 3.14. The van der Waals surface area contributed by atoms with Crippen molar-refractivity contribution in [2.24, 2.45) is 0 Å². The first-order chi connectivity index (χ1) is 15.7. The van der Waals surface area contributed by atoms with Gasteiger partial charge in [-0.1, -0.05) is 12.1 Å². The van der Waals surface area contributed by atoms with Crippen LogP contribution in [0.3, 0.4) is 0 Å². The Balaban J connectivity index is 1.24. The van der Waals surface area contributed by atoms with Crippen LogP contribution in [0, 0.1) is 0 Å². The van der Waals surface area contributed by atoms with Gasteiger partial charge in [0.15, 0.2) is 0 Å². The first-order valence-corrected chi connectivity index (χ1v) is 10.7. The van der Waals surface area contributed by atoms with E-state index in [-0.39, 0.29) is 11.9 Å². The molecule has 168 valence electrons. The summed E-state index contributed by atoms with van der Waals surface area (Å²) in [6, 6.07) is 11.0. The van der Waals surface area contributed by atoms with Gasteiger partial charge in [0.2, 0.25) is 0 Å². The SMILES string of the molecule is O=C(/C=C/c1ccccn1)OCCN1CCN(CCOC(=O)/C=C/c2ccccn2)CC1. The monoisotopic (exact) mass is 436 g/mol. The van der Waals surface area contributed by atoms with Crippen LogP contribution in [-0.2, 0) is 19.1 Å². The molecule has 0 aromatic carbocycles. The molecule has 3 heterocycles. The molecule has 0 unspecified atom stereocenters. The van der Waals surface area contributed by atoms with E-state index in [1.54, 1.807) is 24.5 Å². The molecule has 0 atom stereocenters. The average Bonchev–Trinajstić information content (AvgIpc) is 2.84. The lowest BCUT2D eigenvalue weighted by molar-refractivity contribution is -0.139. The minimum Gasteiger partial charge on any atom is -0.461 e. The number of carbonyl (C=O) groups is 2. The van der Waals surface area contributed by atoms with Crippen LogP contribution in [0.2, 0.25) is 0 Å². The van der Waals surface area contributed by atoms with Crippen LogP contribution in [0.5, 0.6) is 0 Å². The van der Waals surface area contributed by atoms with Crippen molar-refractivity contribution in [2.75, 3.05) is 52.5 Å². The van der Waals surface area contributed by atoms with E-state index in [0.29, 0.717) is 26.3 Å². The lowest BCUT2D eigenvalue weighted by Gasteiger charge is -2.34. The Morgan fingerprint density at radius 1 is 0.750 bits per heavy atom. The summed E-state index contributed by atoms with van der Waals surface area (Å²) in [5.41, 5.74) is 1.44. The molecule has 32 heavy (non-hydrogen) atoms. The molecule has 0 spiro atoms. The van der Waals surface area contributed by atoms with Crippen LogP contribution in [0.1, 0.15) is 11.4 Å². The summed E-state index contributed by atoms with van der Waals surface area (Å²) in [5.74, 6) is -0.735. The van der Waals surface area contributed by atoms with E-state index in [2.05, 4.69) is 19.8 Å². The molecule has 0 aliphatic carbocycles. The van der Waals surface area contributed by atoms with Crippen LogP contribution in [0.25, 0.3) is 12.2 Å². The third-order valence-corrected chi connectivity index (χ3v) is 4.92. The van der Waals surface area contributed by atoms with E-state index in [1.807, 2.05) is 36.4 Å². The van der Waals surface area contributed by atoms with E-state index < -0.39 is 0 Å². The Labute approximate surface area is 188 Å². The van der Waals surface area contributed by atoms with Crippen LogP contribution < -0.4 is 0 Å². The zero-order valence-electron chi connectivity index (χ0n) is 18.0. The van der Waals surface area contributed by atoms with Gasteiger partial charge in [-0.3, -0.25) is 19.8 Å². The molecule has 8 heteroatoms. The summed E-state index contributed by atoms with van der Waals surface area (Å²) in [7, 11) is 0. The Hall–Kier alpha value is -3.36. The second-order valence-electron chi connectivity index (χ2n) is 7.19. The van der Waals surface area contributed by atoms with Gasteiger partial charge in [0.1, 0.15) is 13.2 Å². The molecule has 3 rings (SSSR count). The van der Waals surface area contributed by atoms with E-state index in [0.717, 1.165) is 37.6 Å². The molecular formula is C24H28N4O4. The van der Waals surface area contributed by atoms with Gasteiger partial charge in [-0.15, -0.1) is 0 Å². The van der Waals surface area contributed by atoms with E-state index in [9.17, 15) is 9.59 Å². The van der Waals surface area contributed by atoms with E-state index in [4.69, 9.17) is 9.47 Å². The minimum atomic E-state index is -0.367. The molecule has 1 fully saturated rings. The number of rotatable bonds is 10. The maximum Gasteiger partial charge on any atom is 0.330 e. The second kappa shape index (κ2) is 13.1. The fourth-order valence-electron chi connectivity index (χ4n) is 3.14. The summed E-state index contributed by atoms with van der Waals surface area (Å²) in [4.78, 5) is 36.4. The number of esters is 2. The van der Waals surface area contributed by atoms with Crippen molar-refractivity contribution in [3.8, 4) is 0 Å². The maximum absolute atomic E-state index is 11.8. The topological polar surface area (TPSA) is 84.9 Å². The van der Waals surface area contributed by atoms with Crippen molar-refractivity contribution in [3.05, 3.63) is 72.3 Å². The number of hydrogen-bond donors (Lipinski definition) is 0. The molecular weight excluding hydrogens is 408 g/mol. The zero-order chi connectivity index (χ0) is 22.4. The van der Waals surface area contributed by atoms with Crippen molar-refractivity contribution in [1.29, 1.82) is 0 Å². The predicted molar refractivity (Wildman–Crippen MR) is 121 cm³/mol. The van der Waals surface area contributed by atoms with Crippen LogP contribution in [0.4, 0.5) is 0 Å². The summed E-state index contributed by atoms with van der Waals surface area (Å²) >= 11 is 0. The highest BCUT2D eigenvalue weighted by Gasteiger charge is 2.16. The average molecular weight is 437 g/mol. The van der Waals surface area contributed by atoms with Crippen LogP contribution in [0.15, 0.2) is 60.9 Å². The van der Waals surface area contributed by atoms with Gasteiger partial charge in [0.05, 0.1) is 11.4 Å². The van der Waals surface area contributed by atoms with E-state index >= 15 is 0 Å². The highest BCUT2D eigenvalue weighted by Crippen LogP contribution is 2.03. The second-order valence-corrected chi connectivity index (χ2v) is 7.19. The third-order valence-electron chi connectivity index (χ3n) is 4.92. The minimum absolute atomic E-state index is 0.353. The highest BCUT2D eigenvalue weighted by molar-refractivity contribution is 5.87. The van der Waals surface area contributed by atoms with Gasteiger partial charge in [-0.25, -0.2) is 9.59 Å². The molecule has 0 radical (unpaired) electrons. The number of nitrogens with zero attached hydrogens (tertiary/aromatic N) is 4. The highest BCUT2D eigenvalue weighted by atomic mass is 16.5. The van der Waals surface area contributed by atoms with Gasteiger partial charge in [-0.05, 0) is 36.4 Å². The van der Waals surface area contributed by atoms with Crippen molar-refractivity contribution >= 4 is 24.1 Å². The Bertz CT molecular complexity index is 819. The molecule has 1 aliphatic heterocycles. The third kappa shape index (κ3) is 8.79. The molecule has 1 aliphatic rings. The molecule has 0 saturated carbocycles. The van der Waals surface area contributed by atoms with Gasteiger partial charge in [0.25, 0.3) is 0 Å². The summed E-state index contributed by atoms with van der Waals surface area (Å²) in [5, 5.41) is 0. The maximum atomic E-state index is 11.8. The fraction of sp³-hybridized carbons (Fsp3) is 0.333. The zero-order valence-corrected chi connectivity index (χ0v) is 18.0. The lowest BCUT2D eigenvalue weighted by atomic mass is 10.3. The van der Waals surface area contributed by atoms with Crippen LogP contribution >= 0.6 is 0 Å². The number of hydrogen-bond acceptors (Lipinski definition) is 8. The molecule has 1 saturated heterocycles. The summed E-state index contributed by atoms with van der Waals surface area (Å²) in [6.45, 7) is 5.64. The van der Waals surface area contributed by atoms with E-state index in [1.165, 1.54) is 12.2 Å². The molecule has 2 aromatic heterocycles. The smallest absolute Gasteiger partial charge is 0.330 e. The van der Waals surface area contributed by atoms with Gasteiger partial charge in [0, 0.05) is 63.8 Å². The van der Waals surface area contributed by atoms with Crippen molar-refractivity contribution in [3.63, 3.8) is 0 Å². The van der Waals surface area contributed by atoms with Gasteiger partial charge in [-0.2, -0.15) is 0 Å². The first-order valence-electron chi connectivity index (χ1n) is 10.7. The number of pyridine rings is 2. The largest absolute Gasteiger partial charge is 0.461 e. The Morgan fingerprint density at radius 2 is 1.19 bits per heavy atom. The number of aromatic nitrogens is 2. The normalized spacial score (nSPS) is 15.2. The molecule has 0 N–H and O–H groups in total. The molecule has 0 amide bonds. The van der Waals surface area contributed by atoms with Gasteiger partial charge < -0.3 is 9.47 Å². The van der Waals surface area contributed by atoms with Gasteiger partial charge >= 0.3 is 11.9 Å². The van der Waals surface area contributed by atoms with Crippen molar-refractivity contribution in [1.82, 2.24) is 19.8 Å². The number of carbonyl (C=O) groups excluding carboxylic acids is 2.